The van der Waals surface area contributed by atoms with E-state index in [-0.39, 0.29) is 0 Å². The summed E-state index contributed by atoms with van der Waals surface area (Å²) in [6.45, 7) is 0. The molecule has 0 aliphatic rings. The fourth-order valence-electron chi connectivity index (χ4n) is 7.25. The Balaban J connectivity index is 1.22. The first kappa shape index (κ1) is 29.4. The summed E-state index contributed by atoms with van der Waals surface area (Å²) in [7, 11) is 11.1. The first-order chi connectivity index (χ1) is 23.9. The molecule has 0 fully saturated rings. The second-order valence-electron chi connectivity index (χ2n) is 13.0. The van der Waals surface area contributed by atoms with Crippen LogP contribution in [0.5, 0.6) is 0 Å². The van der Waals surface area contributed by atoms with E-state index in [0.29, 0.717) is 17.5 Å². The van der Waals surface area contributed by atoms with Crippen molar-refractivity contribution in [1.29, 1.82) is 0 Å². The maximum atomic E-state index is 6.64. The quantitative estimate of drug-likeness (QED) is 0.279. The van der Waals surface area contributed by atoms with Gasteiger partial charge in [-0.05, 0) is 42.0 Å². The topological polar surface area (TPSA) is 65.0 Å². The van der Waals surface area contributed by atoms with Gasteiger partial charge in [-0.3, -0.25) is 0 Å². The van der Waals surface area contributed by atoms with Crippen molar-refractivity contribution in [2.45, 2.75) is 0 Å². The van der Waals surface area contributed by atoms with E-state index in [1.807, 2.05) is 66.7 Å². The molecule has 9 rings (SSSR count). The van der Waals surface area contributed by atoms with Crippen LogP contribution in [0.2, 0.25) is 0 Å². The maximum absolute atomic E-state index is 6.64. The van der Waals surface area contributed by atoms with Gasteiger partial charge >= 0.3 is 0 Å². The van der Waals surface area contributed by atoms with Crippen molar-refractivity contribution in [1.82, 2.24) is 15.0 Å². The number of para-hydroxylation sites is 2. The fourth-order valence-corrected chi connectivity index (χ4v) is 7.25. The lowest BCUT2D eigenvalue weighted by molar-refractivity contribution is 0.669. The number of benzene rings is 6. The zero-order valence-electron chi connectivity index (χ0n) is 28.1. The van der Waals surface area contributed by atoms with Crippen molar-refractivity contribution in [3.63, 3.8) is 0 Å². The molecule has 0 aliphatic heterocycles. The number of aromatic nitrogens is 3. The van der Waals surface area contributed by atoms with Gasteiger partial charge in [0.1, 0.15) is 61.6 Å². The molecule has 10 heteroatoms. The zero-order valence-corrected chi connectivity index (χ0v) is 28.1. The van der Waals surface area contributed by atoms with Crippen molar-refractivity contribution in [3.8, 4) is 45.3 Å². The van der Waals surface area contributed by atoms with Gasteiger partial charge in [0.05, 0.1) is 0 Å². The highest BCUT2D eigenvalue weighted by molar-refractivity contribution is 6.68. The molecule has 0 bridgehead atoms. The SMILES string of the molecule is Bc1c(B)c(B)c(-c2cccc3c2oc2ccc(-c4nc(-c5ccccc5)nc(-c5ccc6c(c5)oc5ccccc56)n4)cc23)c(B)c1B. The summed E-state index contributed by atoms with van der Waals surface area (Å²) in [6.07, 6.45) is 0. The summed E-state index contributed by atoms with van der Waals surface area (Å²) in [4.78, 5) is 15.0. The van der Waals surface area contributed by atoms with Gasteiger partial charge < -0.3 is 8.83 Å². The van der Waals surface area contributed by atoms with Gasteiger partial charge in [-0.25, -0.2) is 15.0 Å². The number of hydrogen-bond acceptors (Lipinski definition) is 5. The van der Waals surface area contributed by atoms with Crippen molar-refractivity contribution >= 4 is 110 Å². The molecule has 3 aromatic heterocycles. The van der Waals surface area contributed by atoms with Crippen molar-refractivity contribution < 1.29 is 8.83 Å². The smallest absolute Gasteiger partial charge is 0.164 e. The van der Waals surface area contributed by atoms with Crippen LogP contribution in [0.15, 0.2) is 118 Å². The third-order valence-corrected chi connectivity index (χ3v) is 10.3. The molecule has 0 radical (unpaired) electrons. The lowest BCUT2D eigenvalue weighted by Crippen LogP contribution is -2.55. The monoisotopic (exact) mass is 625 g/mol. The molecule has 0 unspecified atom stereocenters. The minimum absolute atomic E-state index is 0.585. The van der Waals surface area contributed by atoms with E-state index >= 15 is 0 Å². The van der Waals surface area contributed by atoms with Crippen LogP contribution in [0.1, 0.15) is 0 Å². The Hall–Kier alpha value is -5.75. The minimum atomic E-state index is 0.585. The van der Waals surface area contributed by atoms with Gasteiger partial charge in [0.2, 0.25) is 0 Å². The Kier molecular flexibility index (Phi) is 6.70. The van der Waals surface area contributed by atoms with Crippen molar-refractivity contribution in [3.05, 3.63) is 109 Å². The van der Waals surface area contributed by atoms with Crippen LogP contribution in [0, 0.1) is 0 Å². The Morgan fingerprint density at radius 3 is 1.71 bits per heavy atom. The van der Waals surface area contributed by atoms with E-state index in [1.165, 1.54) is 32.9 Å². The van der Waals surface area contributed by atoms with E-state index in [9.17, 15) is 0 Å². The Morgan fingerprint density at radius 1 is 0.388 bits per heavy atom. The van der Waals surface area contributed by atoms with Crippen molar-refractivity contribution in [2.75, 3.05) is 0 Å². The highest BCUT2D eigenvalue weighted by Gasteiger charge is 2.20. The number of nitrogens with zero attached hydrogens (tertiary/aromatic N) is 3. The Bertz CT molecular complexity index is 2760. The molecule has 226 valence electrons. The summed E-state index contributed by atoms with van der Waals surface area (Å²) in [6, 6.07) is 37.0. The summed E-state index contributed by atoms with van der Waals surface area (Å²) in [5.74, 6) is 1.79. The molecule has 0 amide bonds. The normalized spacial score (nSPS) is 11.7. The number of hydrogen-bond donors (Lipinski definition) is 0. The van der Waals surface area contributed by atoms with Gasteiger partial charge in [-0.1, -0.05) is 83.7 Å². The standard InChI is InChI=1S/C39H28B5N3O2/c40-31-30(32(41)34(43)35(44)33(31)42)25-11-6-10-24-26-17-20(14-16-28(26)49-36(24)25)38-45-37(19-7-2-1-3-8-19)46-39(47-38)21-13-15-23-22-9-4-5-12-27(22)48-29(23)18-21/h1-18H,40-44H2. The molecule has 0 saturated carbocycles. The molecule has 5 nitrogen and oxygen atoms in total. The molecule has 0 N–H and O–H groups in total. The first-order valence-electron chi connectivity index (χ1n) is 16.6. The lowest BCUT2D eigenvalue weighted by Gasteiger charge is -2.20. The predicted molar refractivity (Wildman–Crippen MR) is 217 cm³/mol. The molecule has 0 saturated heterocycles. The molecular weight excluding hydrogens is 597 g/mol. The average molecular weight is 625 g/mol. The molecule has 0 atom stereocenters. The van der Waals surface area contributed by atoms with Crippen LogP contribution < -0.4 is 27.3 Å². The van der Waals surface area contributed by atoms with E-state index < -0.39 is 0 Å². The Labute approximate surface area is 287 Å². The summed E-state index contributed by atoms with van der Waals surface area (Å²) >= 11 is 0. The molecule has 0 spiro atoms. The van der Waals surface area contributed by atoms with Gasteiger partial charge in [0.25, 0.3) is 0 Å². The molecule has 0 aliphatic carbocycles. The first-order valence-corrected chi connectivity index (χ1v) is 16.6. The molecule has 49 heavy (non-hydrogen) atoms. The predicted octanol–water partition coefficient (Wildman–Crippen LogP) is 1.63. The average Bonchev–Trinajstić information content (AvgIpc) is 3.71. The Morgan fingerprint density at radius 2 is 0.959 bits per heavy atom. The van der Waals surface area contributed by atoms with Crippen LogP contribution >= 0.6 is 0 Å². The maximum Gasteiger partial charge on any atom is 0.164 e. The number of rotatable bonds is 4. The second kappa shape index (κ2) is 11.2. The third-order valence-electron chi connectivity index (χ3n) is 10.3. The molecule has 3 heterocycles. The summed E-state index contributed by atoms with van der Waals surface area (Å²) in [5.41, 5.74) is 15.0. The van der Waals surface area contributed by atoms with Gasteiger partial charge in [-0.15, -0.1) is 16.4 Å². The van der Waals surface area contributed by atoms with E-state index in [2.05, 4.69) is 81.7 Å². The van der Waals surface area contributed by atoms with Crippen LogP contribution in [-0.4, -0.2) is 54.2 Å². The largest absolute Gasteiger partial charge is 0.456 e. The van der Waals surface area contributed by atoms with E-state index in [0.717, 1.165) is 66.1 Å². The van der Waals surface area contributed by atoms with Gasteiger partial charge in [0.15, 0.2) is 17.5 Å². The molecular formula is C39H28B5N3O2. The molecule has 6 aromatic carbocycles. The molecule has 9 aromatic rings. The van der Waals surface area contributed by atoms with Crippen LogP contribution in [0.25, 0.3) is 89.2 Å². The fraction of sp³-hybridized carbons (Fsp3) is 0. The lowest BCUT2D eigenvalue weighted by atomic mass is 9.59. The van der Waals surface area contributed by atoms with Crippen LogP contribution in [0.3, 0.4) is 0 Å². The van der Waals surface area contributed by atoms with Crippen molar-refractivity contribution in [2.24, 2.45) is 0 Å². The minimum Gasteiger partial charge on any atom is -0.456 e. The van der Waals surface area contributed by atoms with E-state index in [1.54, 1.807) is 0 Å². The number of fused-ring (bicyclic) bond motifs is 6. The second-order valence-corrected chi connectivity index (χ2v) is 13.0. The van der Waals surface area contributed by atoms with Crippen LogP contribution in [0.4, 0.5) is 0 Å². The summed E-state index contributed by atoms with van der Waals surface area (Å²) < 4.78 is 12.9. The van der Waals surface area contributed by atoms with Gasteiger partial charge in [0, 0.05) is 43.8 Å². The van der Waals surface area contributed by atoms with E-state index in [4.69, 9.17) is 23.8 Å². The highest BCUT2D eigenvalue weighted by atomic mass is 16.3. The number of furan rings is 2. The highest BCUT2D eigenvalue weighted by Crippen LogP contribution is 2.37. The van der Waals surface area contributed by atoms with Gasteiger partial charge in [-0.2, -0.15) is 0 Å². The zero-order chi connectivity index (χ0) is 33.4. The third kappa shape index (κ3) is 4.66. The van der Waals surface area contributed by atoms with Crippen LogP contribution in [-0.2, 0) is 0 Å². The summed E-state index contributed by atoms with van der Waals surface area (Å²) in [5, 5.41) is 4.25.